The van der Waals surface area contributed by atoms with Gasteiger partial charge in [0, 0.05) is 10.9 Å². The van der Waals surface area contributed by atoms with Crippen LogP contribution < -0.4 is 5.32 Å². The fourth-order valence-electron chi connectivity index (χ4n) is 3.21. The van der Waals surface area contributed by atoms with Crippen molar-refractivity contribution < 1.29 is 9.18 Å². The standard InChI is InChI=1S/C19H23FN2OS/c1-14-5-2-3-11-22(14)13-18(23)21-19(17-6-4-12-24-17)15-7-9-16(20)10-8-15/h4,6-10,12,14,19H,2-3,5,11,13H2,1H3,(H,21,23)/t14-,19+/m1/s1. The normalized spacial score (nSPS) is 19.8. The van der Waals surface area contributed by atoms with Crippen LogP contribution >= 0.6 is 11.3 Å². The minimum absolute atomic E-state index is 0.0199. The topological polar surface area (TPSA) is 32.3 Å². The first kappa shape index (κ1) is 17.1. The maximum Gasteiger partial charge on any atom is 0.234 e. The van der Waals surface area contributed by atoms with Crippen LogP contribution in [0, 0.1) is 5.82 Å². The molecule has 1 fully saturated rings. The quantitative estimate of drug-likeness (QED) is 0.888. The smallest absolute Gasteiger partial charge is 0.234 e. The number of nitrogens with one attached hydrogen (secondary N) is 1. The highest BCUT2D eigenvalue weighted by Crippen LogP contribution is 2.26. The average molecular weight is 346 g/mol. The molecule has 128 valence electrons. The zero-order chi connectivity index (χ0) is 16.9. The molecule has 1 N–H and O–H groups in total. The van der Waals surface area contributed by atoms with Crippen molar-refractivity contribution in [2.75, 3.05) is 13.1 Å². The number of piperidine rings is 1. The van der Waals surface area contributed by atoms with Gasteiger partial charge in [-0.2, -0.15) is 0 Å². The highest BCUT2D eigenvalue weighted by Gasteiger charge is 2.23. The molecular weight excluding hydrogens is 323 g/mol. The summed E-state index contributed by atoms with van der Waals surface area (Å²) in [5.74, 6) is -0.247. The molecule has 3 nitrogen and oxygen atoms in total. The summed E-state index contributed by atoms with van der Waals surface area (Å²) in [4.78, 5) is 15.9. The number of halogens is 1. The van der Waals surface area contributed by atoms with E-state index in [-0.39, 0.29) is 17.8 Å². The van der Waals surface area contributed by atoms with E-state index in [1.165, 1.54) is 18.6 Å². The number of thiophene rings is 1. The van der Waals surface area contributed by atoms with Crippen LogP contribution in [0.2, 0.25) is 0 Å². The van der Waals surface area contributed by atoms with Gasteiger partial charge in [-0.15, -0.1) is 11.3 Å². The third kappa shape index (κ3) is 4.22. The molecule has 0 aliphatic carbocycles. The molecule has 2 aromatic rings. The lowest BCUT2D eigenvalue weighted by Gasteiger charge is -2.33. The lowest BCUT2D eigenvalue weighted by Crippen LogP contribution is -2.45. The van der Waals surface area contributed by atoms with Gasteiger partial charge in [0.05, 0.1) is 12.6 Å². The fourth-order valence-corrected chi connectivity index (χ4v) is 4.02. The molecule has 1 aliphatic heterocycles. The Morgan fingerprint density at radius 3 is 2.79 bits per heavy atom. The van der Waals surface area contributed by atoms with Crippen molar-refractivity contribution >= 4 is 17.2 Å². The van der Waals surface area contributed by atoms with Crippen molar-refractivity contribution in [1.82, 2.24) is 10.2 Å². The molecule has 0 spiro atoms. The Morgan fingerprint density at radius 1 is 1.33 bits per heavy atom. The summed E-state index contributed by atoms with van der Waals surface area (Å²) >= 11 is 1.60. The van der Waals surface area contributed by atoms with E-state index in [9.17, 15) is 9.18 Å². The van der Waals surface area contributed by atoms with Crippen molar-refractivity contribution in [2.24, 2.45) is 0 Å². The molecule has 2 heterocycles. The average Bonchev–Trinajstić information content (AvgIpc) is 3.10. The van der Waals surface area contributed by atoms with Gasteiger partial charge in [-0.3, -0.25) is 9.69 Å². The second kappa shape index (κ2) is 7.90. The zero-order valence-electron chi connectivity index (χ0n) is 13.9. The summed E-state index contributed by atoms with van der Waals surface area (Å²) in [6.07, 6.45) is 3.55. The number of carbonyl (C=O) groups excluding carboxylic acids is 1. The van der Waals surface area contributed by atoms with Crippen LogP contribution in [0.4, 0.5) is 4.39 Å². The number of benzene rings is 1. The van der Waals surface area contributed by atoms with Gasteiger partial charge >= 0.3 is 0 Å². The second-order valence-electron chi connectivity index (χ2n) is 6.38. The van der Waals surface area contributed by atoms with Gasteiger partial charge in [-0.05, 0) is 55.5 Å². The predicted octanol–water partition coefficient (Wildman–Crippen LogP) is 3.97. The first-order chi connectivity index (χ1) is 11.6. The highest BCUT2D eigenvalue weighted by atomic mass is 32.1. The first-order valence-corrected chi connectivity index (χ1v) is 9.34. The van der Waals surface area contributed by atoms with Gasteiger partial charge in [0.1, 0.15) is 5.82 Å². The van der Waals surface area contributed by atoms with E-state index in [1.807, 2.05) is 17.5 Å². The summed E-state index contributed by atoms with van der Waals surface area (Å²) in [5, 5.41) is 5.12. The lowest BCUT2D eigenvalue weighted by molar-refractivity contribution is -0.123. The van der Waals surface area contributed by atoms with Gasteiger partial charge in [0.2, 0.25) is 5.91 Å². The number of nitrogens with zero attached hydrogens (tertiary/aromatic N) is 1. The molecule has 0 saturated carbocycles. The largest absolute Gasteiger partial charge is 0.343 e. The molecule has 3 rings (SSSR count). The first-order valence-electron chi connectivity index (χ1n) is 8.46. The molecule has 1 saturated heterocycles. The third-order valence-electron chi connectivity index (χ3n) is 4.62. The Hall–Kier alpha value is -1.72. The van der Waals surface area contributed by atoms with Crippen molar-refractivity contribution in [3.05, 3.63) is 58.0 Å². The molecule has 1 aromatic carbocycles. The molecule has 5 heteroatoms. The van der Waals surface area contributed by atoms with Crippen LogP contribution in [-0.2, 0) is 4.79 Å². The maximum atomic E-state index is 13.2. The molecule has 2 atom stereocenters. The molecule has 0 bridgehead atoms. The van der Waals surface area contributed by atoms with E-state index in [4.69, 9.17) is 0 Å². The van der Waals surface area contributed by atoms with Crippen LogP contribution in [-0.4, -0.2) is 29.9 Å². The third-order valence-corrected chi connectivity index (χ3v) is 5.56. The number of carbonyl (C=O) groups is 1. The van der Waals surface area contributed by atoms with E-state index in [0.29, 0.717) is 12.6 Å². The molecule has 0 unspecified atom stereocenters. The van der Waals surface area contributed by atoms with Crippen LogP contribution in [0.25, 0.3) is 0 Å². The monoisotopic (exact) mass is 346 g/mol. The second-order valence-corrected chi connectivity index (χ2v) is 7.36. The molecule has 1 aromatic heterocycles. The summed E-state index contributed by atoms with van der Waals surface area (Å²) < 4.78 is 13.2. The number of rotatable bonds is 5. The van der Waals surface area contributed by atoms with E-state index in [1.54, 1.807) is 23.5 Å². The number of amides is 1. The number of hydrogen-bond acceptors (Lipinski definition) is 3. The van der Waals surface area contributed by atoms with E-state index < -0.39 is 0 Å². The minimum Gasteiger partial charge on any atom is -0.343 e. The Kier molecular flexibility index (Phi) is 5.63. The summed E-state index contributed by atoms with van der Waals surface area (Å²) in [6.45, 7) is 3.59. The van der Waals surface area contributed by atoms with Gasteiger partial charge in [0.15, 0.2) is 0 Å². The van der Waals surface area contributed by atoms with Gasteiger partial charge in [-0.25, -0.2) is 4.39 Å². The molecule has 24 heavy (non-hydrogen) atoms. The molecule has 1 aliphatic rings. The predicted molar refractivity (Wildman–Crippen MR) is 95.6 cm³/mol. The number of likely N-dealkylation sites (tertiary alicyclic amines) is 1. The van der Waals surface area contributed by atoms with Gasteiger partial charge in [0.25, 0.3) is 0 Å². The molecule has 1 amide bonds. The van der Waals surface area contributed by atoms with Crippen molar-refractivity contribution in [3.8, 4) is 0 Å². The van der Waals surface area contributed by atoms with Crippen LogP contribution in [0.5, 0.6) is 0 Å². The van der Waals surface area contributed by atoms with Gasteiger partial charge in [-0.1, -0.05) is 24.6 Å². The van der Waals surface area contributed by atoms with Crippen molar-refractivity contribution in [1.29, 1.82) is 0 Å². The summed E-state index contributed by atoms with van der Waals surface area (Å²) in [5.41, 5.74) is 0.902. The van der Waals surface area contributed by atoms with Crippen molar-refractivity contribution in [2.45, 2.75) is 38.3 Å². The Bertz CT molecular complexity index is 657. The van der Waals surface area contributed by atoms with Crippen LogP contribution in [0.1, 0.15) is 42.7 Å². The van der Waals surface area contributed by atoms with Crippen LogP contribution in [0.15, 0.2) is 41.8 Å². The highest BCUT2D eigenvalue weighted by molar-refractivity contribution is 7.10. The molecular formula is C19H23FN2OS. The fraction of sp³-hybridized carbons (Fsp3) is 0.421. The van der Waals surface area contributed by atoms with E-state index in [2.05, 4.69) is 17.1 Å². The Morgan fingerprint density at radius 2 is 2.12 bits per heavy atom. The Labute approximate surface area is 146 Å². The zero-order valence-corrected chi connectivity index (χ0v) is 14.7. The lowest BCUT2D eigenvalue weighted by atomic mass is 10.0. The van der Waals surface area contributed by atoms with E-state index in [0.717, 1.165) is 29.8 Å². The molecule has 0 radical (unpaired) electrons. The van der Waals surface area contributed by atoms with E-state index >= 15 is 0 Å². The minimum atomic E-state index is -0.267. The summed E-state index contributed by atoms with van der Waals surface area (Å²) in [6, 6.07) is 10.6. The summed E-state index contributed by atoms with van der Waals surface area (Å²) in [7, 11) is 0. The van der Waals surface area contributed by atoms with Crippen LogP contribution in [0.3, 0.4) is 0 Å². The Balaban J connectivity index is 1.72. The number of hydrogen-bond donors (Lipinski definition) is 1. The van der Waals surface area contributed by atoms with Crippen molar-refractivity contribution in [3.63, 3.8) is 0 Å². The SMILES string of the molecule is C[C@@H]1CCCCN1CC(=O)N[C@@H](c1ccc(F)cc1)c1cccs1. The van der Waals surface area contributed by atoms with Gasteiger partial charge < -0.3 is 5.32 Å². The maximum absolute atomic E-state index is 13.2.